The Morgan fingerprint density at radius 3 is 2.43 bits per heavy atom. The molecule has 0 aromatic heterocycles. The van der Waals surface area contributed by atoms with E-state index in [0.717, 1.165) is 5.57 Å². The lowest BCUT2D eigenvalue weighted by atomic mass is 10.2. The van der Waals surface area contributed by atoms with Gasteiger partial charge in [0.1, 0.15) is 0 Å². The van der Waals surface area contributed by atoms with Crippen LogP contribution in [0.5, 0.6) is 0 Å². The van der Waals surface area contributed by atoms with Crippen LogP contribution >= 0.6 is 12.6 Å². The van der Waals surface area contributed by atoms with Crippen LogP contribution in [-0.2, 0) is 0 Å². The van der Waals surface area contributed by atoms with Crippen LogP contribution in [0.4, 0.5) is 0 Å². The summed E-state index contributed by atoms with van der Waals surface area (Å²) in [5.74, 6) is 0. The molecule has 1 atom stereocenters. The molecule has 0 bridgehead atoms. The first-order chi connectivity index (χ1) is 3.18. The van der Waals surface area contributed by atoms with E-state index < -0.39 is 0 Å². The lowest BCUT2D eigenvalue weighted by Crippen LogP contribution is -2.14. The first-order valence-electron chi connectivity index (χ1n) is 2.22. The molecular weight excluding hydrogens is 106 g/mol. The second-order valence-corrected chi connectivity index (χ2v) is 2.22. The average molecular weight is 117 g/mol. The van der Waals surface area contributed by atoms with Crippen LogP contribution in [0.2, 0.25) is 0 Å². The maximum atomic E-state index is 5.24. The molecule has 0 aliphatic heterocycles. The zero-order valence-corrected chi connectivity index (χ0v) is 5.41. The van der Waals surface area contributed by atoms with Crippen molar-refractivity contribution >= 4 is 12.6 Å². The van der Waals surface area contributed by atoms with Crippen molar-refractivity contribution in [3.63, 3.8) is 0 Å². The summed E-state index contributed by atoms with van der Waals surface area (Å²) in [7, 11) is 0. The molecular formula is C5H11NS. The summed E-state index contributed by atoms with van der Waals surface area (Å²) in [6.07, 6.45) is 0. The zero-order chi connectivity index (χ0) is 5.86. The Morgan fingerprint density at radius 2 is 2.43 bits per heavy atom. The number of hydrogen-bond acceptors (Lipinski definition) is 2. The molecule has 0 aliphatic rings. The van der Waals surface area contributed by atoms with Crippen molar-refractivity contribution in [2.75, 3.05) is 6.54 Å². The molecule has 1 unspecified atom stereocenters. The molecule has 0 aromatic carbocycles. The Kier molecular flexibility index (Phi) is 3.13. The van der Waals surface area contributed by atoms with E-state index in [-0.39, 0.29) is 5.25 Å². The molecule has 0 amide bonds. The van der Waals surface area contributed by atoms with E-state index in [9.17, 15) is 0 Å². The number of rotatable bonds is 2. The number of thiol groups is 1. The van der Waals surface area contributed by atoms with E-state index >= 15 is 0 Å². The topological polar surface area (TPSA) is 26.0 Å². The first kappa shape index (κ1) is 7.05. The molecule has 2 heteroatoms. The molecule has 0 saturated heterocycles. The molecule has 0 heterocycles. The highest BCUT2D eigenvalue weighted by atomic mass is 32.1. The summed E-state index contributed by atoms with van der Waals surface area (Å²) in [4.78, 5) is 0. The summed E-state index contributed by atoms with van der Waals surface area (Å²) < 4.78 is 0. The van der Waals surface area contributed by atoms with Crippen LogP contribution in [0.3, 0.4) is 0 Å². The summed E-state index contributed by atoms with van der Waals surface area (Å²) in [5.41, 5.74) is 6.27. The van der Waals surface area contributed by atoms with Gasteiger partial charge in [0.05, 0.1) is 0 Å². The van der Waals surface area contributed by atoms with Gasteiger partial charge in [-0.05, 0) is 6.92 Å². The summed E-state index contributed by atoms with van der Waals surface area (Å²) in [5, 5.41) is 0.181. The van der Waals surface area contributed by atoms with Crippen LogP contribution < -0.4 is 5.73 Å². The molecule has 0 aliphatic carbocycles. The maximum absolute atomic E-state index is 5.24. The first-order valence-corrected chi connectivity index (χ1v) is 2.73. The standard InChI is InChI=1S/C5H11NS/c1-4(2)5(7)3-6/h5,7H,1,3,6H2,2H3. The minimum atomic E-state index is 0.181. The van der Waals surface area contributed by atoms with E-state index in [1.165, 1.54) is 0 Å². The molecule has 0 saturated carbocycles. The van der Waals surface area contributed by atoms with E-state index in [4.69, 9.17) is 5.73 Å². The van der Waals surface area contributed by atoms with Crippen molar-refractivity contribution in [1.82, 2.24) is 0 Å². The monoisotopic (exact) mass is 117 g/mol. The Labute approximate surface area is 50.0 Å². The van der Waals surface area contributed by atoms with Crippen molar-refractivity contribution in [3.05, 3.63) is 12.2 Å². The highest BCUT2D eigenvalue weighted by molar-refractivity contribution is 7.81. The molecule has 0 spiro atoms. The van der Waals surface area contributed by atoms with Gasteiger partial charge in [-0.25, -0.2) is 0 Å². The predicted molar refractivity (Wildman–Crippen MR) is 36.6 cm³/mol. The molecule has 7 heavy (non-hydrogen) atoms. The van der Waals surface area contributed by atoms with Crippen molar-refractivity contribution in [2.24, 2.45) is 5.73 Å². The average Bonchev–Trinajstić information content (AvgIpc) is 1.65. The van der Waals surface area contributed by atoms with Gasteiger partial charge in [0.2, 0.25) is 0 Å². The van der Waals surface area contributed by atoms with Crippen molar-refractivity contribution < 1.29 is 0 Å². The molecule has 0 rings (SSSR count). The quantitative estimate of drug-likeness (QED) is 0.406. The van der Waals surface area contributed by atoms with Crippen LogP contribution in [0, 0.1) is 0 Å². The minimum absolute atomic E-state index is 0.181. The van der Waals surface area contributed by atoms with E-state index in [1.807, 2.05) is 6.92 Å². The smallest absolute Gasteiger partial charge is 0.0343 e. The third kappa shape index (κ3) is 2.71. The second-order valence-electron chi connectivity index (χ2n) is 1.60. The summed E-state index contributed by atoms with van der Waals surface area (Å²) in [6.45, 7) is 6.17. The van der Waals surface area contributed by atoms with Gasteiger partial charge in [0, 0.05) is 11.8 Å². The Balaban J connectivity index is 3.34. The van der Waals surface area contributed by atoms with Crippen LogP contribution in [-0.4, -0.2) is 11.8 Å². The van der Waals surface area contributed by atoms with Gasteiger partial charge in [-0.1, -0.05) is 12.2 Å². The highest BCUT2D eigenvalue weighted by Crippen LogP contribution is 2.01. The lowest BCUT2D eigenvalue weighted by Gasteiger charge is -2.03. The van der Waals surface area contributed by atoms with Gasteiger partial charge in [-0.2, -0.15) is 12.6 Å². The van der Waals surface area contributed by atoms with Gasteiger partial charge in [-0.15, -0.1) is 0 Å². The van der Waals surface area contributed by atoms with Crippen molar-refractivity contribution in [3.8, 4) is 0 Å². The molecule has 0 radical (unpaired) electrons. The van der Waals surface area contributed by atoms with Gasteiger partial charge in [0.25, 0.3) is 0 Å². The van der Waals surface area contributed by atoms with Gasteiger partial charge < -0.3 is 5.73 Å². The molecule has 1 nitrogen and oxygen atoms in total. The predicted octanol–water partition coefficient (Wildman–Crippen LogP) is 0.820. The van der Waals surface area contributed by atoms with Crippen LogP contribution in [0.1, 0.15) is 6.92 Å². The third-order valence-corrected chi connectivity index (χ3v) is 1.44. The van der Waals surface area contributed by atoms with Gasteiger partial charge in [0.15, 0.2) is 0 Å². The van der Waals surface area contributed by atoms with Crippen molar-refractivity contribution in [1.29, 1.82) is 0 Å². The molecule has 42 valence electrons. The zero-order valence-electron chi connectivity index (χ0n) is 4.52. The fourth-order valence-electron chi connectivity index (χ4n) is 0.201. The maximum Gasteiger partial charge on any atom is 0.0343 e. The van der Waals surface area contributed by atoms with E-state index in [2.05, 4.69) is 19.2 Å². The normalized spacial score (nSPS) is 13.6. The lowest BCUT2D eigenvalue weighted by molar-refractivity contribution is 0.980. The minimum Gasteiger partial charge on any atom is -0.329 e. The Hall–Kier alpha value is 0.0500. The summed E-state index contributed by atoms with van der Waals surface area (Å²) in [6, 6.07) is 0. The van der Waals surface area contributed by atoms with Crippen LogP contribution in [0.15, 0.2) is 12.2 Å². The molecule has 0 fully saturated rings. The number of nitrogens with two attached hydrogens (primary N) is 1. The van der Waals surface area contributed by atoms with Gasteiger partial charge >= 0.3 is 0 Å². The van der Waals surface area contributed by atoms with Gasteiger partial charge in [-0.3, -0.25) is 0 Å². The van der Waals surface area contributed by atoms with E-state index in [0.29, 0.717) is 6.54 Å². The van der Waals surface area contributed by atoms with Crippen molar-refractivity contribution in [2.45, 2.75) is 12.2 Å². The number of hydrogen-bond donors (Lipinski definition) is 2. The molecule has 0 aromatic rings. The Morgan fingerprint density at radius 1 is 2.00 bits per heavy atom. The Bertz CT molecular complexity index is 70.5. The fourth-order valence-corrected chi connectivity index (χ4v) is 0.201. The second kappa shape index (κ2) is 3.10. The SMILES string of the molecule is C=C(C)C(S)CN. The largest absolute Gasteiger partial charge is 0.329 e. The molecule has 2 N–H and O–H groups in total. The highest BCUT2D eigenvalue weighted by Gasteiger charge is 1.96. The summed E-state index contributed by atoms with van der Waals surface area (Å²) >= 11 is 4.10. The third-order valence-electron chi connectivity index (χ3n) is 0.792. The fraction of sp³-hybridized carbons (Fsp3) is 0.600. The van der Waals surface area contributed by atoms with E-state index in [1.54, 1.807) is 0 Å². The van der Waals surface area contributed by atoms with Crippen LogP contribution in [0.25, 0.3) is 0 Å².